The fourth-order valence-corrected chi connectivity index (χ4v) is 3.67. The highest BCUT2D eigenvalue weighted by molar-refractivity contribution is 8.01. The molecule has 23 heavy (non-hydrogen) atoms. The maximum Gasteiger partial charge on any atom is 0.230 e. The minimum atomic E-state index is -0.0676. The second-order valence-corrected chi connectivity index (χ2v) is 7.95. The zero-order valence-electron chi connectivity index (χ0n) is 13.3. The Kier molecular flexibility index (Phi) is 7.25. The number of carbonyl (C=O) groups is 2. The number of nitrogens with zero attached hydrogens (tertiary/aromatic N) is 2. The molecule has 2 amide bonds. The highest BCUT2D eigenvalue weighted by atomic mass is 32.2. The Bertz CT molecular complexity index is 530. The molecule has 0 spiro atoms. The predicted octanol–water partition coefficient (Wildman–Crippen LogP) is 1.91. The number of hydrogen-bond donors (Lipinski definition) is 2. The number of hydrogen-bond acceptors (Lipinski definition) is 7. The van der Waals surface area contributed by atoms with E-state index in [1.807, 2.05) is 13.8 Å². The van der Waals surface area contributed by atoms with E-state index >= 15 is 0 Å². The van der Waals surface area contributed by atoms with Crippen LogP contribution in [0.1, 0.15) is 33.1 Å². The summed E-state index contributed by atoms with van der Waals surface area (Å²) in [6.07, 6.45) is 2.66. The molecule has 0 bridgehead atoms. The molecule has 2 rings (SSSR count). The number of amides is 2. The third-order valence-corrected chi connectivity index (χ3v) is 5.10. The third kappa shape index (κ3) is 6.84. The summed E-state index contributed by atoms with van der Waals surface area (Å²) in [4.78, 5) is 23.4. The van der Waals surface area contributed by atoms with E-state index in [1.54, 1.807) is 0 Å². The smallest absolute Gasteiger partial charge is 0.230 e. The van der Waals surface area contributed by atoms with Crippen LogP contribution < -0.4 is 10.6 Å². The van der Waals surface area contributed by atoms with Gasteiger partial charge in [-0.3, -0.25) is 9.59 Å². The molecule has 0 saturated carbocycles. The Morgan fingerprint density at radius 2 is 2.22 bits per heavy atom. The average Bonchev–Trinajstić information content (AvgIpc) is 3.13. The van der Waals surface area contributed by atoms with Crippen molar-refractivity contribution in [3.05, 3.63) is 0 Å². The summed E-state index contributed by atoms with van der Waals surface area (Å²) in [5.41, 5.74) is 0. The Morgan fingerprint density at radius 1 is 1.39 bits per heavy atom. The number of carbonyl (C=O) groups excluding carboxylic acids is 2. The van der Waals surface area contributed by atoms with Crippen LogP contribution in [-0.2, 0) is 14.3 Å². The largest absolute Gasteiger partial charge is 0.376 e. The molecule has 2 heterocycles. The van der Waals surface area contributed by atoms with Gasteiger partial charge in [0.15, 0.2) is 4.34 Å². The summed E-state index contributed by atoms with van der Waals surface area (Å²) >= 11 is 2.59. The molecule has 0 aromatic carbocycles. The highest BCUT2D eigenvalue weighted by Crippen LogP contribution is 2.25. The molecular formula is C14H22N4O3S2. The highest BCUT2D eigenvalue weighted by Gasteiger charge is 2.16. The molecule has 1 fully saturated rings. The van der Waals surface area contributed by atoms with E-state index < -0.39 is 0 Å². The summed E-state index contributed by atoms with van der Waals surface area (Å²) in [6.45, 7) is 5.31. The SMILES string of the molecule is CC(C)CC(=O)Nc1nnc(SCC(=O)NC[C@@H]2CCCO2)s1. The van der Waals surface area contributed by atoms with E-state index in [0.29, 0.717) is 28.4 Å². The van der Waals surface area contributed by atoms with Crippen LogP contribution in [-0.4, -0.2) is 47.0 Å². The molecule has 1 aromatic heterocycles. The van der Waals surface area contributed by atoms with Gasteiger partial charge in [-0.1, -0.05) is 36.9 Å². The number of anilines is 1. The minimum Gasteiger partial charge on any atom is -0.376 e. The second-order valence-electron chi connectivity index (χ2n) is 5.75. The van der Waals surface area contributed by atoms with Crippen LogP contribution in [0.3, 0.4) is 0 Å². The van der Waals surface area contributed by atoms with Crippen LogP contribution in [0.5, 0.6) is 0 Å². The first-order valence-corrected chi connectivity index (χ1v) is 9.47. The number of thioether (sulfide) groups is 1. The Labute approximate surface area is 144 Å². The molecule has 7 nitrogen and oxygen atoms in total. The van der Waals surface area contributed by atoms with Crippen LogP contribution in [0.4, 0.5) is 5.13 Å². The van der Waals surface area contributed by atoms with Crippen LogP contribution in [0.2, 0.25) is 0 Å². The standard InChI is InChI=1S/C14H22N4O3S2/c1-9(2)6-11(19)16-13-17-18-14(23-13)22-8-12(20)15-7-10-4-3-5-21-10/h9-10H,3-8H2,1-2H3,(H,15,20)(H,16,17,19)/t10-/m0/s1. The first-order valence-electron chi connectivity index (χ1n) is 7.67. The van der Waals surface area contributed by atoms with Gasteiger partial charge in [0.25, 0.3) is 0 Å². The second kappa shape index (κ2) is 9.19. The topological polar surface area (TPSA) is 93.2 Å². The van der Waals surface area contributed by atoms with E-state index in [-0.39, 0.29) is 23.7 Å². The summed E-state index contributed by atoms with van der Waals surface area (Å²) < 4.78 is 6.12. The number of rotatable bonds is 8. The maximum absolute atomic E-state index is 11.8. The van der Waals surface area contributed by atoms with E-state index in [2.05, 4.69) is 20.8 Å². The van der Waals surface area contributed by atoms with E-state index in [9.17, 15) is 9.59 Å². The van der Waals surface area contributed by atoms with Gasteiger partial charge in [0, 0.05) is 19.6 Å². The van der Waals surface area contributed by atoms with Crippen molar-refractivity contribution in [2.24, 2.45) is 5.92 Å². The van der Waals surface area contributed by atoms with Gasteiger partial charge in [-0.25, -0.2) is 0 Å². The van der Waals surface area contributed by atoms with Gasteiger partial charge >= 0.3 is 0 Å². The van der Waals surface area contributed by atoms with E-state index in [0.717, 1.165) is 19.4 Å². The van der Waals surface area contributed by atoms with Gasteiger partial charge in [0.2, 0.25) is 16.9 Å². The van der Waals surface area contributed by atoms with Crippen molar-refractivity contribution in [1.82, 2.24) is 15.5 Å². The van der Waals surface area contributed by atoms with Crippen molar-refractivity contribution in [2.75, 3.05) is 24.2 Å². The Morgan fingerprint density at radius 3 is 2.91 bits per heavy atom. The van der Waals surface area contributed by atoms with Crippen molar-refractivity contribution < 1.29 is 14.3 Å². The van der Waals surface area contributed by atoms with Crippen molar-refractivity contribution in [3.8, 4) is 0 Å². The summed E-state index contributed by atoms with van der Waals surface area (Å²) in [6, 6.07) is 0. The first-order chi connectivity index (χ1) is 11.0. The number of ether oxygens (including phenoxy) is 1. The molecule has 1 saturated heterocycles. The normalized spacial score (nSPS) is 17.4. The molecule has 0 radical (unpaired) electrons. The van der Waals surface area contributed by atoms with Gasteiger partial charge in [-0.2, -0.15) is 0 Å². The zero-order valence-corrected chi connectivity index (χ0v) is 15.0. The van der Waals surface area contributed by atoms with Gasteiger partial charge in [0.1, 0.15) is 0 Å². The maximum atomic E-state index is 11.8. The molecular weight excluding hydrogens is 336 g/mol. The summed E-state index contributed by atoms with van der Waals surface area (Å²) in [5.74, 6) is 0.457. The van der Waals surface area contributed by atoms with Crippen molar-refractivity contribution >= 4 is 40.0 Å². The van der Waals surface area contributed by atoms with E-state index in [1.165, 1.54) is 23.1 Å². The van der Waals surface area contributed by atoms with Gasteiger partial charge in [0.05, 0.1) is 11.9 Å². The van der Waals surface area contributed by atoms with E-state index in [4.69, 9.17) is 4.74 Å². The fraction of sp³-hybridized carbons (Fsp3) is 0.714. The molecule has 1 aliphatic heterocycles. The summed E-state index contributed by atoms with van der Waals surface area (Å²) in [5, 5.41) is 13.9. The molecule has 1 aromatic rings. The van der Waals surface area contributed by atoms with Crippen molar-refractivity contribution in [3.63, 3.8) is 0 Å². The molecule has 0 unspecified atom stereocenters. The van der Waals surface area contributed by atoms with Crippen LogP contribution in [0.15, 0.2) is 4.34 Å². The third-order valence-electron chi connectivity index (χ3n) is 3.12. The first kappa shape index (κ1) is 18.2. The molecule has 1 aliphatic rings. The quantitative estimate of drug-likeness (QED) is 0.545. The molecule has 2 N–H and O–H groups in total. The van der Waals surface area contributed by atoms with Crippen molar-refractivity contribution in [2.45, 2.75) is 43.6 Å². The van der Waals surface area contributed by atoms with Gasteiger partial charge in [-0.15, -0.1) is 10.2 Å². The van der Waals surface area contributed by atoms with Gasteiger partial charge in [-0.05, 0) is 18.8 Å². The molecule has 9 heteroatoms. The average molecular weight is 358 g/mol. The zero-order chi connectivity index (χ0) is 16.7. The Balaban J connectivity index is 1.67. The molecule has 0 aliphatic carbocycles. The van der Waals surface area contributed by atoms with Crippen molar-refractivity contribution in [1.29, 1.82) is 0 Å². The predicted molar refractivity (Wildman–Crippen MR) is 90.7 cm³/mol. The monoisotopic (exact) mass is 358 g/mol. The fourth-order valence-electron chi connectivity index (χ4n) is 2.07. The van der Waals surface area contributed by atoms with Gasteiger partial charge < -0.3 is 15.4 Å². The molecule has 128 valence electrons. The minimum absolute atomic E-state index is 0.0499. The lowest BCUT2D eigenvalue weighted by molar-refractivity contribution is -0.119. The number of nitrogens with one attached hydrogen (secondary N) is 2. The van der Waals surface area contributed by atoms with Crippen LogP contribution >= 0.6 is 23.1 Å². The summed E-state index contributed by atoms with van der Waals surface area (Å²) in [7, 11) is 0. The van der Waals surface area contributed by atoms with Crippen LogP contribution in [0.25, 0.3) is 0 Å². The number of aromatic nitrogens is 2. The van der Waals surface area contributed by atoms with Crippen LogP contribution in [0, 0.1) is 5.92 Å². The molecule has 1 atom stereocenters. The lowest BCUT2D eigenvalue weighted by Gasteiger charge is -2.09. The lowest BCUT2D eigenvalue weighted by atomic mass is 10.1. The lowest BCUT2D eigenvalue weighted by Crippen LogP contribution is -2.32. The Hall–Kier alpha value is -1.19.